The van der Waals surface area contributed by atoms with Gasteiger partial charge < -0.3 is 19.9 Å². The van der Waals surface area contributed by atoms with Crippen LogP contribution in [-0.2, 0) is 11.2 Å². The summed E-state index contributed by atoms with van der Waals surface area (Å²) in [6.45, 7) is 2.01. The number of amides is 1. The molecule has 8 nitrogen and oxygen atoms in total. The summed E-state index contributed by atoms with van der Waals surface area (Å²) in [6, 6.07) is 19.7. The molecule has 1 amide bonds. The molecule has 9 heteroatoms. The molecule has 3 aromatic carbocycles. The van der Waals surface area contributed by atoms with Crippen molar-refractivity contribution < 1.29 is 24.2 Å². The molecule has 0 unspecified atom stereocenters. The van der Waals surface area contributed by atoms with Gasteiger partial charge in [0.05, 0.1) is 24.0 Å². The summed E-state index contributed by atoms with van der Waals surface area (Å²) in [5.74, 6) is 1.05. The molecule has 5 rings (SSSR count). The zero-order valence-electron chi connectivity index (χ0n) is 20.1. The molecule has 186 valence electrons. The summed E-state index contributed by atoms with van der Waals surface area (Å²) in [6.07, 6.45) is 0.549. The Morgan fingerprint density at radius 3 is 2.65 bits per heavy atom. The monoisotopic (exact) mass is 513 g/mol. The van der Waals surface area contributed by atoms with Gasteiger partial charge in [-0.05, 0) is 36.8 Å². The minimum absolute atomic E-state index is 0.0730. The number of thioether (sulfide) groups is 1. The number of fused-ring (bicyclic) bond motifs is 2. The summed E-state index contributed by atoms with van der Waals surface area (Å²) in [7, 11) is 1.61. The second-order valence-electron chi connectivity index (χ2n) is 8.48. The van der Waals surface area contributed by atoms with E-state index in [-0.39, 0.29) is 17.2 Å². The Morgan fingerprint density at radius 2 is 1.89 bits per heavy atom. The van der Waals surface area contributed by atoms with E-state index in [4.69, 9.17) is 19.4 Å². The lowest BCUT2D eigenvalue weighted by atomic mass is 10.0. The van der Waals surface area contributed by atoms with Gasteiger partial charge in [0.15, 0.2) is 5.82 Å². The molecular formula is C28H23N3O5S. The fraction of sp³-hybridized carbons (Fsp3) is 0.143. The Balaban J connectivity index is 1.43. The standard InChI is InChI=1S/C28H23N3O5S/c1-16-6-8-17(9-7-16)25-30-26-22(13-18-10-11-21(35-2)14-23(18)36-26)27(31-25)37-15-24(32)29-20-5-3-4-19(12-20)28(33)34/h3-12,14H,13,15H2,1-2H3,(H,29,32)(H,33,34). The van der Waals surface area contributed by atoms with Crippen LogP contribution in [0.25, 0.3) is 11.4 Å². The minimum atomic E-state index is -1.06. The summed E-state index contributed by atoms with van der Waals surface area (Å²) >= 11 is 1.28. The van der Waals surface area contributed by atoms with Gasteiger partial charge in [0.25, 0.3) is 0 Å². The number of rotatable bonds is 7. The van der Waals surface area contributed by atoms with E-state index in [2.05, 4.69) is 5.32 Å². The maximum atomic E-state index is 12.7. The predicted octanol–water partition coefficient (Wildman–Crippen LogP) is 5.59. The Bertz CT molecular complexity index is 1500. The van der Waals surface area contributed by atoms with E-state index < -0.39 is 5.97 Å². The number of nitrogens with one attached hydrogen (secondary N) is 1. The first-order valence-corrected chi connectivity index (χ1v) is 12.5. The zero-order chi connectivity index (χ0) is 25.9. The number of hydrogen-bond donors (Lipinski definition) is 2. The number of carboxylic acid groups (broad SMARTS) is 1. The number of carbonyl (C=O) groups excluding carboxylic acids is 1. The molecule has 4 aromatic rings. The van der Waals surface area contributed by atoms with Crippen molar-refractivity contribution in [2.45, 2.75) is 18.4 Å². The van der Waals surface area contributed by atoms with Gasteiger partial charge in [-0.1, -0.05) is 53.7 Å². The van der Waals surface area contributed by atoms with Crippen LogP contribution >= 0.6 is 11.8 Å². The summed E-state index contributed by atoms with van der Waals surface area (Å²) in [5.41, 5.74) is 4.26. The van der Waals surface area contributed by atoms with Crippen molar-refractivity contribution in [3.05, 3.63) is 89.0 Å². The highest BCUT2D eigenvalue weighted by molar-refractivity contribution is 8.00. The summed E-state index contributed by atoms with van der Waals surface area (Å²) in [4.78, 5) is 33.5. The number of anilines is 1. The quantitative estimate of drug-likeness (QED) is 0.214. The average molecular weight is 514 g/mol. The van der Waals surface area contributed by atoms with Crippen molar-refractivity contribution >= 4 is 29.3 Å². The Kier molecular flexibility index (Phi) is 6.78. The van der Waals surface area contributed by atoms with Gasteiger partial charge in [-0.15, -0.1) is 0 Å². The van der Waals surface area contributed by atoms with Gasteiger partial charge >= 0.3 is 5.97 Å². The number of aromatic carboxylic acids is 1. The van der Waals surface area contributed by atoms with Crippen molar-refractivity contribution in [1.82, 2.24) is 9.97 Å². The molecule has 2 N–H and O–H groups in total. The summed E-state index contributed by atoms with van der Waals surface area (Å²) < 4.78 is 11.5. The van der Waals surface area contributed by atoms with Crippen molar-refractivity contribution in [3.63, 3.8) is 0 Å². The van der Waals surface area contributed by atoms with Gasteiger partial charge in [0.1, 0.15) is 16.5 Å². The third-order valence-corrected chi connectivity index (χ3v) is 6.84. The Labute approximate surface area is 217 Å². The average Bonchev–Trinajstić information content (AvgIpc) is 2.90. The first-order valence-electron chi connectivity index (χ1n) is 11.5. The number of carbonyl (C=O) groups is 2. The first-order chi connectivity index (χ1) is 17.9. The number of hydrogen-bond acceptors (Lipinski definition) is 7. The smallest absolute Gasteiger partial charge is 0.335 e. The van der Waals surface area contributed by atoms with E-state index in [0.29, 0.717) is 40.3 Å². The molecule has 0 atom stereocenters. The number of benzene rings is 3. The van der Waals surface area contributed by atoms with Crippen molar-refractivity contribution in [1.29, 1.82) is 0 Å². The largest absolute Gasteiger partial charge is 0.497 e. The number of nitrogens with zero attached hydrogens (tertiary/aromatic N) is 2. The maximum absolute atomic E-state index is 12.7. The Hall–Kier alpha value is -4.37. The minimum Gasteiger partial charge on any atom is -0.497 e. The molecular weight excluding hydrogens is 490 g/mol. The third-order valence-electron chi connectivity index (χ3n) is 5.82. The molecule has 1 aliphatic rings. The van der Waals surface area contributed by atoms with Crippen LogP contribution in [-0.4, -0.2) is 39.8 Å². The highest BCUT2D eigenvalue weighted by Gasteiger charge is 2.25. The van der Waals surface area contributed by atoms with E-state index in [1.54, 1.807) is 19.2 Å². The van der Waals surface area contributed by atoms with Gasteiger partial charge in [0.2, 0.25) is 11.8 Å². The highest BCUT2D eigenvalue weighted by atomic mass is 32.2. The number of methoxy groups -OCH3 is 1. The van der Waals surface area contributed by atoms with Gasteiger partial charge in [0, 0.05) is 23.7 Å². The zero-order valence-corrected chi connectivity index (χ0v) is 21.0. The lowest BCUT2D eigenvalue weighted by Gasteiger charge is -2.22. The molecule has 1 aromatic heterocycles. The SMILES string of the molecule is COc1ccc2c(c1)Oc1nc(-c3ccc(C)cc3)nc(SCC(=O)Nc3cccc(C(=O)O)c3)c1C2. The summed E-state index contributed by atoms with van der Waals surface area (Å²) in [5, 5.41) is 12.6. The van der Waals surface area contributed by atoms with Crippen molar-refractivity contribution in [3.8, 4) is 28.8 Å². The van der Waals surface area contributed by atoms with E-state index in [0.717, 1.165) is 22.3 Å². The predicted molar refractivity (Wildman–Crippen MR) is 141 cm³/mol. The number of carboxylic acids is 1. The number of aryl methyl sites for hydroxylation is 1. The van der Waals surface area contributed by atoms with Crippen LogP contribution in [0.3, 0.4) is 0 Å². The Morgan fingerprint density at radius 1 is 1.08 bits per heavy atom. The van der Waals surface area contributed by atoms with Gasteiger partial charge in [-0.2, -0.15) is 4.98 Å². The van der Waals surface area contributed by atoms with Crippen LogP contribution in [0.4, 0.5) is 5.69 Å². The van der Waals surface area contributed by atoms with Crippen LogP contribution in [0.15, 0.2) is 71.8 Å². The fourth-order valence-electron chi connectivity index (χ4n) is 3.89. The third kappa shape index (κ3) is 5.41. The molecule has 0 bridgehead atoms. The molecule has 0 saturated heterocycles. The lowest BCUT2D eigenvalue weighted by Crippen LogP contribution is -2.15. The van der Waals surface area contributed by atoms with E-state index in [1.807, 2.05) is 49.4 Å². The normalized spacial score (nSPS) is 11.6. The van der Waals surface area contributed by atoms with Crippen LogP contribution in [0, 0.1) is 6.92 Å². The van der Waals surface area contributed by atoms with E-state index >= 15 is 0 Å². The van der Waals surface area contributed by atoms with Crippen molar-refractivity contribution in [2.24, 2.45) is 0 Å². The molecule has 37 heavy (non-hydrogen) atoms. The lowest BCUT2D eigenvalue weighted by molar-refractivity contribution is -0.113. The molecule has 0 radical (unpaired) electrons. The van der Waals surface area contributed by atoms with Gasteiger partial charge in [-0.25, -0.2) is 9.78 Å². The highest BCUT2D eigenvalue weighted by Crippen LogP contribution is 2.41. The van der Waals surface area contributed by atoms with Crippen LogP contribution in [0.2, 0.25) is 0 Å². The molecule has 0 spiro atoms. The first kappa shape index (κ1) is 24.3. The molecule has 1 aliphatic heterocycles. The van der Waals surface area contributed by atoms with Crippen molar-refractivity contribution in [2.75, 3.05) is 18.2 Å². The number of ether oxygens (including phenoxy) is 2. The topological polar surface area (TPSA) is 111 Å². The second kappa shape index (κ2) is 10.3. The second-order valence-corrected chi connectivity index (χ2v) is 9.44. The van der Waals surface area contributed by atoms with Crippen LogP contribution in [0.1, 0.15) is 27.0 Å². The van der Waals surface area contributed by atoms with E-state index in [1.165, 1.54) is 23.9 Å². The number of aromatic nitrogens is 2. The fourth-order valence-corrected chi connectivity index (χ4v) is 4.71. The van der Waals surface area contributed by atoms with Gasteiger partial charge in [-0.3, -0.25) is 4.79 Å². The molecule has 0 aliphatic carbocycles. The molecule has 0 fully saturated rings. The maximum Gasteiger partial charge on any atom is 0.335 e. The van der Waals surface area contributed by atoms with E-state index in [9.17, 15) is 14.7 Å². The van der Waals surface area contributed by atoms with Crippen LogP contribution in [0.5, 0.6) is 17.4 Å². The molecule has 0 saturated carbocycles. The molecule has 2 heterocycles. The van der Waals surface area contributed by atoms with Crippen LogP contribution < -0.4 is 14.8 Å².